The second-order valence-electron chi connectivity index (χ2n) is 7.61. The summed E-state index contributed by atoms with van der Waals surface area (Å²) in [5.74, 6) is 2.50. The summed E-state index contributed by atoms with van der Waals surface area (Å²) in [4.78, 5) is 2.59. The highest BCUT2D eigenvalue weighted by molar-refractivity contribution is 5.29. The molecule has 3 rings (SSSR count). The minimum Gasteiger partial charge on any atom is -0.497 e. The molecule has 0 amide bonds. The van der Waals surface area contributed by atoms with E-state index in [0.29, 0.717) is 0 Å². The van der Waals surface area contributed by atoms with Crippen molar-refractivity contribution in [3.63, 3.8) is 0 Å². The van der Waals surface area contributed by atoms with E-state index < -0.39 is 6.67 Å². The molecule has 0 saturated carbocycles. The van der Waals surface area contributed by atoms with Crippen LogP contribution in [0.3, 0.4) is 0 Å². The summed E-state index contributed by atoms with van der Waals surface area (Å²) in [5.41, 5.74) is 2.66. The number of ether oxygens (including phenoxy) is 2. The lowest BCUT2D eigenvalue weighted by Crippen LogP contribution is -2.35. The molecule has 1 saturated heterocycles. The van der Waals surface area contributed by atoms with Crippen molar-refractivity contribution >= 4 is 0 Å². The van der Waals surface area contributed by atoms with E-state index in [1.54, 1.807) is 7.11 Å². The molecule has 3 nitrogen and oxygen atoms in total. The van der Waals surface area contributed by atoms with Crippen LogP contribution in [-0.2, 0) is 12.8 Å². The maximum atomic E-state index is 12.3. The normalized spacial score (nSPS) is 15.5. The number of hydrogen-bond donors (Lipinski definition) is 0. The molecule has 0 atom stereocenters. The quantitative estimate of drug-likeness (QED) is 0.579. The van der Waals surface area contributed by atoms with Gasteiger partial charge >= 0.3 is 0 Å². The first-order valence-corrected chi connectivity index (χ1v) is 10.4. The Labute approximate surface area is 168 Å². The van der Waals surface area contributed by atoms with Crippen LogP contribution in [0, 0.1) is 5.92 Å². The van der Waals surface area contributed by atoms with Crippen LogP contribution < -0.4 is 9.47 Å². The van der Waals surface area contributed by atoms with Crippen molar-refractivity contribution in [2.75, 3.05) is 40.0 Å². The number of methoxy groups -OCH3 is 1. The number of alkyl halides is 1. The molecule has 0 aliphatic carbocycles. The fourth-order valence-electron chi connectivity index (χ4n) is 3.90. The minimum atomic E-state index is -0.443. The zero-order chi connectivity index (χ0) is 19.6. The molecule has 1 heterocycles. The summed E-state index contributed by atoms with van der Waals surface area (Å²) < 4.78 is 22.9. The number of halogens is 1. The number of aryl methyl sites for hydroxylation is 1. The molecule has 152 valence electrons. The third-order valence-corrected chi connectivity index (χ3v) is 5.67. The third-order valence-electron chi connectivity index (χ3n) is 5.67. The standard InChI is InChI=1S/C24H32FNO2/c1-27-23-9-7-20(8-10-23)11-15-26-16-12-21(13-17-26)5-6-22-3-2-4-24(19-22)28-18-14-25/h2-4,7-10,19,21H,5-6,11-18H2,1H3. The maximum absolute atomic E-state index is 12.3. The van der Waals surface area contributed by atoms with Crippen molar-refractivity contribution in [3.05, 3.63) is 59.7 Å². The van der Waals surface area contributed by atoms with E-state index in [0.717, 1.165) is 36.8 Å². The number of rotatable bonds is 10. The van der Waals surface area contributed by atoms with E-state index in [1.165, 1.54) is 43.5 Å². The molecule has 1 fully saturated rings. The number of hydrogen-bond acceptors (Lipinski definition) is 3. The molecule has 2 aromatic carbocycles. The minimum absolute atomic E-state index is 0.137. The Hall–Kier alpha value is -2.07. The molecule has 0 N–H and O–H groups in total. The van der Waals surface area contributed by atoms with Crippen molar-refractivity contribution in [3.8, 4) is 11.5 Å². The number of piperidine rings is 1. The molecule has 1 aliphatic heterocycles. The Morgan fingerprint density at radius 1 is 0.964 bits per heavy atom. The first-order chi connectivity index (χ1) is 13.8. The number of nitrogens with zero attached hydrogens (tertiary/aromatic N) is 1. The van der Waals surface area contributed by atoms with Gasteiger partial charge in [-0.05, 0) is 86.5 Å². The van der Waals surface area contributed by atoms with E-state index >= 15 is 0 Å². The topological polar surface area (TPSA) is 21.7 Å². The van der Waals surface area contributed by atoms with Crippen LogP contribution in [0.15, 0.2) is 48.5 Å². The lowest BCUT2D eigenvalue weighted by Gasteiger charge is -2.32. The Morgan fingerprint density at radius 3 is 2.46 bits per heavy atom. The van der Waals surface area contributed by atoms with Gasteiger partial charge in [-0.3, -0.25) is 0 Å². The van der Waals surface area contributed by atoms with Gasteiger partial charge < -0.3 is 14.4 Å². The van der Waals surface area contributed by atoms with E-state index in [1.807, 2.05) is 24.3 Å². The fourth-order valence-corrected chi connectivity index (χ4v) is 3.90. The lowest BCUT2D eigenvalue weighted by molar-refractivity contribution is 0.181. The van der Waals surface area contributed by atoms with Crippen LogP contribution in [0.2, 0.25) is 0 Å². The van der Waals surface area contributed by atoms with E-state index in [2.05, 4.69) is 29.2 Å². The zero-order valence-electron chi connectivity index (χ0n) is 16.9. The number of likely N-dealkylation sites (tertiary alicyclic amines) is 1. The highest BCUT2D eigenvalue weighted by atomic mass is 19.1. The summed E-state index contributed by atoms with van der Waals surface area (Å²) in [6.07, 6.45) is 5.95. The van der Waals surface area contributed by atoms with Gasteiger partial charge in [-0.15, -0.1) is 0 Å². The average Bonchev–Trinajstić information content (AvgIpc) is 2.76. The molecule has 4 heteroatoms. The Balaban J connectivity index is 1.36. The SMILES string of the molecule is COc1ccc(CCN2CCC(CCc3cccc(OCCF)c3)CC2)cc1. The summed E-state index contributed by atoms with van der Waals surface area (Å²) in [6.45, 7) is 3.22. The molecule has 0 aromatic heterocycles. The Bertz CT molecular complexity index is 696. The van der Waals surface area contributed by atoms with Crippen LogP contribution in [0.1, 0.15) is 30.4 Å². The smallest absolute Gasteiger partial charge is 0.123 e. The molecule has 0 spiro atoms. The molecule has 2 aromatic rings. The number of benzene rings is 2. The third kappa shape index (κ3) is 6.52. The lowest BCUT2D eigenvalue weighted by atomic mass is 9.90. The van der Waals surface area contributed by atoms with Gasteiger partial charge in [-0.25, -0.2) is 4.39 Å². The van der Waals surface area contributed by atoms with Gasteiger partial charge in [0, 0.05) is 6.54 Å². The Kier molecular flexibility index (Phi) is 8.16. The monoisotopic (exact) mass is 385 g/mol. The summed E-state index contributed by atoms with van der Waals surface area (Å²) in [7, 11) is 1.70. The van der Waals surface area contributed by atoms with Crippen molar-refractivity contribution in [1.29, 1.82) is 0 Å². The van der Waals surface area contributed by atoms with Gasteiger partial charge in [0.25, 0.3) is 0 Å². The fraction of sp³-hybridized carbons (Fsp3) is 0.500. The molecule has 1 aliphatic rings. The molecule has 28 heavy (non-hydrogen) atoms. The van der Waals surface area contributed by atoms with E-state index in [4.69, 9.17) is 9.47 Å². The molecular weight excluding hydrogens is 353 g/mol. The average molecular weight is 386 g/mol. The highest BCUT2D eigenvalue weighted by Gasteiger charge is 2.18. The van der Waals surface area contributed by atoms with Crippen LogP contribution in [-0.4, -0.2) is 44.9 Å². The van der Waals surface area contributed by atoms with E-state index in [-0.39, 0.29) is 6.61 Å². The van der Waals surface area contributed by atoms with Crippen molar-refractivity contribution in [2.24, 2.45) is 5.92 Å². The largest absolute Gasteiger partial charge is 0.497 e. The second kappa shape index (κ2) is 11.1. The van der Waals surface area contributed by atoms with Gasteiger partial charge in [0.15, 0.2) is 0 Å². The van der Waals surface area contributed by atoms with Gasteiger partial charge in [0.05, 0.1) is 7.11 Å². The van der Waals surface area contributed by atoms with Gasteiger partial charge in [0.1, 0.15) is 24.8 Å². The van der Waals surface area contributed by atoms with Gasteiger partial charge in [-0.2, -0.15) is 0 Å². The zero-order valence-corrected chi connectivity index (χ0v) is 16.9. The van der Waals surface area contributed by atoms with E-state index in [9.17, 15) is 4.39 Å². The van der Waals surface area contributed by atoms with Crippen molar-refractivity contribution in [1.82, 2.24) is 4.90 Å². The Morgan fingerprint density at radius 2 is 1.75 bits per heavy atom. The molecule has 0 radical (unpaired) electrons. The molecule has 0 unspecified atom stereocenters. The summed E-state index contributed by atoms with van der Waals surface area (Å²) >= 11 is 0. The predicted molar refractivity (Wildman–Crippen MR) is 112 cm³/mol. The van der Waals surface area contributed by atoms with Gasteiger partial charge in [0.2, 0.25) is 0 Å². The first-order valence-electron chi connectivity index (χ1n) is 10.4. The van der Waals surface area contributed by atoms with Crippen molar-refractivity contribution < 1.29 is 13.9 Å². The van der Waals surface area contributed by atoms with Crippen molar-refractivity contribution in [2.45, 2.75) is 32.1 Å². The van der Waals surface area contributed by atoms with Gasteiger partial charge in [-0.1, -0.05) is 24.3 Å². The van der Waals surface area contributed by atoms with Crippen LogP contribution in [0.25, 0.3) is 0 Å². The molecular formula is C24H32FNO2. The second-order valence-corrected chi connectivity index (χ2v) is 7.61. The van der Waals surface area contributed by atoms with Crippen LogP contribution >= 0.6 is 0 Å². The van der Waals surface area contributed by atoms with Crippen LogP contribution in [0.4, 0.5) is 4.39 Å². The summed E-state index contributed by atoms with van der Waals surface area (Å²) in [5, 5.41) is 0. The maximum Gasteiger partial charge on any atom is 0.123 e. The summed E-state index contributed by atoms with van der Waals surface area (Å²) in [6, 6.07) is 16.5. The first kappa shape index (κ1) is 20.7. The predicted octanol–water partition coefficient (Wildman–Crippen LogP) is 4.93. The highest BCUT2D eigenvalue weighted by Crippen LogP contribution is 2.24. The molecule has 0 bridgehead atoms. The van der Waals surface area contributed by atoms with Crippen LogP contribution in [0.5, 0.6) is 11.5 Å².